The number of carbonyl (C=O) groups excluding carboxylic acids is 1. The molecule has 0 aromatic heterocycles. The average Bonchev–Trinajstić information content (AvgIpc) is 2.62. The van der Waals surface area contributed by atoms with Crippen LogP contribution in [0.4, 0.5) is 5.69 Å². The first-order valence-electron chi connectivity index (χ1n) is 9.49. The molecule has 1 amide bonds. The van der Waals surface area contributed by atoms with Crippen LogP contribution in [0.3, 0.4) is 0 Å². The lowest BCUT2D eigenvalue weighted by Gasteiger charge is -2.41. The summed E-state index contributed by atoms with van der Waals surface area (Å²) in [5.74, 6) is 0.231. The van der Waals surface area contributed by atoms with Crippen molar-refractivity contribution in [3.8, 4) is 0 Å². The number of β-amino-alcohol motifs (C(OH)–C–C–N with tert-alkyl or cyclic N) is 1. The fourth-order valence-electron chi connectivity index (χ4n) is 3.99. The van der Waals surface area contributed by atoms with Crippen LogP contribution in [-0.4, -0.2) is 73.2 Å². The van der Waals surface area contributed by atoms with E-state index < -0.39 is 0 Å². The third-order valence-corrected chi connectivity index (χ3v) is 5.57. The van der Waals surface area contributed by atoms with Gasteiger partial charge in [-0.25, -0.2) is 0 Å². The number of piperidine rings is 2. The van der Waals surface area contributed by atoms with Crippen LogP contribution in [0.2, 0.25) is 0 Å². The summed E-state index contributed by atoms with van der Waals surface area (Å²) in [6.45, 7) is 3.57. The monoisotopic (exact) mass is 345 g/mol. The Morgan fingerprint density at radius 2 is 1.80 bits per heavy atom. The Bertz CT molecular complexity index is 565. The fraction of sp³-hybridized carbons (Fsp3) is 0.650. The molecule has 1 N–H and O–H groups in total. The Kier molecular flexibility index (Phi) is 5.97. The van der Waals surface area contributed by atoms with Crippen molar-refractivity contribution in [2.45, 2.75) is 44.2 Å². The molecule has 3 rings (SSSR count). The Morgan fingerprint density at radius 3 is 2.40 bits per heavy atom. The molecule has 2 fully saturated rings. The van der Waals surface area contributed by atoms with Crippen LogP contribution in [0.15, 0.2) is 24.3 Å². The molecular weight excluding hydrogens is 314 g/mol. The van der Waals surface area contributed by atoms with Crippen molar-refractivity contribution in [2.24, 2.45) is 0 Å². The summed E-state index contributed by atoms with van der Waals surface area (Å²) in [5.41, 5.74) is 2.23. The summed E-state index contributed by atoms with van der Waals surface area (Å²) in [6.07, 6.45) is 4.39. The van der Waals surface area contributed by atoms with Gasteiger partial charge in [0.05, 0.1) is 12.5 Å². The number of hydrogen-bond acceptors (Lipinski definition) is 4. The molecule has 0 unspecified atom stereocenters. The van der Waals surface area contributed by atoms with Crippen LogP contribution in [0.1, 0.15) is 31.2 Å². The fourth-order valence-corrected chi connectivity index (χ4v) is 3.99. The number of amides is 1. The van der Waals surface area contributed by atoms with E-state index in [1.54, 1.807) is 0 Å². The SMILES string of the molecule is CN(C)c1ccc(CC(=O)N2CCC(N3CCC[C@@H](O)C3)CC2)cc1. The molecule has 0 saturated carbocycles. The number of nitrogens with zero attached hydrogens (tertiary/aromatic N) is 3. The number of aliphatic hydroxyl groups is 1. The normalized spacial score (nSPS) is 22.8. The minimum Gasteiger partial charge on any atom is -0.392 e. The van der Waals surface area contributed by atoms with Crippen molar-refractivity contribution in [1.29, 1.82) is 0 Å². The topological polar surface area (TPSA) is 47.0 Å². The third kappa shape index (κ3) is 4.73. The van der Waals surface area contributed by atoms with Gasteiger partial charge in [-0.15, -0.1) is 0 Å². The van der Waals surface area contributed by atoms with Gasteiger partial charge in [-0.3, -0.25) is 9.69 Å². The molecule has 2 saturated heterocycles. The van der Waals surface area contributed by atoms with Crippen molar-refractivity contribution in [2.75, 3.05) is 45.2 Å². The number of aliphatic hydroxyl groups excluding tert-OH is 1. The predicted molar refractivity (Wildman–Crippen MR) is 101 cm³/mol. The standard InChI is InChI=1S/C20H31N3O2/c1-21(2)17-7-5-16(6-8-17)14-20(25)22-12-9-18(10-13-22)23-11-3-4-19(24)15-23/h5-8,18-19,24H,3-4,9-15H2,1-2H3/t19-/m1/s1. The highest BCUT2D eigenvalue weighted by molar-refractivity contribution is 5.79. The first-order valence-corrected chi connectivity index (χ1v) is 9.49. The maximum Gasteiger partial charge on any atom is 0.226 e. The highest BCUT2D eigenvalue weighted by Gasteiger charge is 2.29. The second kappa shape index (κ2) is 8.19. The van der Waals surface area contributed by atoms with Crippen LogP contribution in [0, 0.1) is 0 Å². The van der Waals surface area contributed by atoms with Gasteiger partial charge in [-0.2, -0.15) is 0 Å². The molecule has 1 aromatic rings. The van der Waals surface area contributed by atoms with Crippen molar-refractivity contribution in [1.82, 2.24) is 9.80 Å². The van der Waals surface area contributed by atoms with Gasteiger partial charge in [0, 0.05) is 45.5 Å². The van der Waals surface area contributed by atoms with Gasteiger partial charge in [0.1, 0.15) is 0 Å². The van der Waals surface area contributed by atoms with Crippen LogP contribution in [0.25, 0.3) is 0 Å². The number of anilines is 1. The van der Waals surface area contributed by atoms with Gasteiger partial charge >= 0.3 is 0 Å². The van der Waals surface area contributed by atoms with Crippen LogP contribution >= 0.6 is 0 Å². The van der Waals surface area contributed by atoms with Crippen molar-refractivity contribution in [3.63, 3.8) is 0 Å². The maximum absolute atomic E-state index is 12.6. The van der Waals surface area contributed by atoms with E-state index in [9.17, 15) is 9.90 Å². The summed E-state index contributed by atoms with van der Waals surface area (Å²) in [4.78, 5) is 19.1. The molecular formula is C20H31N3O2. The van der Waals surface area contributed by atoms with Crippen molar-refractivity contribution in [3.05, 3.63) is 29.8 Å². The molecule has 0 bridgehead atoms. The van der Waals surface area contributed by atoms with Gasteiger partial charge in [0.15, 0.2) is 0 Å². The average molecular weight is 345 g/mol. The summed E-state index contributed by atoms with van der Waals surface area (Å²) >= 11 is 0. The lowest BCUT2D eigenvalue weighted by molar-refractivity contribution is -0.132. The van der Waals surface area contributed by atoms with E-state index in [1.807, 2.05) is 19.0 Å². The first kappa shape index (κ1) is 18.2. The second-order valence-corrected chi connectivity index (χ2v) is 7.64. The number of likely N-dealkylation sites (tertiary alicyclic amines) is 2. The molecule has 1 atom stereocenters. The molecule has 2 aliphatic heterocycles. The van der Waals surface area contributed by atoms with Gasteiger partial charge < -0.3 is 14.9 Å². The zero-order valence-corrected chi connectivity index (χ0v) is 15.5. The molecule has 0 aliphatic carbocycles. The molecule has 2 aliphatic rings. The Balaban J connectivity index is 1.48. The molecule has 138 valence electrons. The largest absolute Gasteiger partial charge is 0.392 e. The highest BCUT2D eigenvalue weighted by atomic mass is 16.3. The molecule has 1 aromatic carbocycles. The van der Waals surface area contributed by atoms with Gasteiger partial charge in [0.2, 0.25) is 5.91 Å². The Hall–Kier alpha value is -1.59. The lowest BCUT2D eigenvalue weighted by Crippen LogP contribution is -2.50. The van der Waals surface area contributed by atoms with Crippen LogP contribution in [-0.2, 0) is 11.2 Å². The van der Waals surface area contributed by atoms with E-state index in [0.717, 1.165) is 63.1 Å². The summed E-state index contributed by atoms with van der Waals surface area (Å²) in [5, 5.41) is 9.86. The Morgan fingerprint density at radius 1 is 1.12 bits per heavy atom. The molecule has 25 heavy (non-hydrogen) atoms. The van der Waals surface area contributed by atoms with Crippen molar-refractivity contribution < 1.29 is 9.90 Å². The van der Waals surface area contributed by atoms with Gasteiger partial charge in [0.25, 0.3) is 0 Å². The van der Waals surface area contributed by atoms with Crippen molar-refractivity contribution >= 4 is 11.6 Å². The second-order valence-electron chi connectivity index (χ2n) is 7.64. The number of hydrogen-bond donors (Lipinski definition) is 1. The summed E-state index contributed by atoms with van der Waals surface area (Å²) < 4.78 is 0. The molecule has 5 heteroatoms. The van der Waals surface area contributed by atoms with E-state index in [0.29, 0.717) is 12.5 Å². The summed E-state index contributed by atoms with van der Waals surface area (Å²) in [7, 11) is 4.04. The zero-order valence-electron chi connectivity index (χ0n) is 15.5. The lowest BCUT2D eigenvalue weighted by atomic mass is 9.98. The van der Waals surface area contributed by atoms with E-state index in [-0.39, 0.29) is 12.0 Å². The maximum atomic E-state index is 12.6. The number of rotatable bonds is 4. The summed E-state index contributed by atoms with van der Waals surface area (Å²) in [6, 6.07) is 8.76. The minimum atomic E-state index is -0.168. The molecule has 0 spiro atoms. The molecule has 2 heterocycles. The Labute approximate surface area is 151 Å². The smallest absolute Gasteiger partial charge is 0.226 e. The predicted octanol–water partition coefficient (Wildman–Crippen LogP) is 1.74. The van der Waals surface area contributed by atoms with E-state index in [1.165, 1.54) is 0 Å². The zero-order chi connectivity index (χ0) is 17.8. The van der Waals surface area contributed by atoms with Crippen LogP contribution < -0.4 is 4.90 Å². The molecule has 5 nitrogen and oxygen atoms in total. The van der Waals surface area contributed by atoms with Gasteiger partial charge in [-0.1, -0.05) is 12.1 Å². The van der Waals surface area contributed by atoms with Gasteiger partial charge in [-0.05, 0) is 49.9 Å². The molecule has 0 radical (unpaired) electrons. The highest BCUT2D eigenvalue weighted by Crippen LogP contribution is 2.22. The number of benzene rings is 1. The minimum absolute atomic E-state index is 0.168. The third-order valence-electron chi connectivity index (χ3n) is 5.57. The van der Waals surface area contributed by atoms with Crippen LogP contribution in [0.5, 0.6) is 0 Å². The first-order chi connectivity index (χ1) is 12.0. The van der Waals surface area contributed by atoms with E-state index in [2.05, 4.69) is 34.1 Å². The van der Waals surface area contributed by atoms with E-state index >= 15 is 0 Å². The quantitative estimate of drug-likeness (QED) is 0.903. The van der Waals surface area contributed by atoms with E-state index in [4.69, 9.17) is 0 Å². The number of carbonyl (C=O) groups is 1.